The Kier molecular flexibility index (Phi) is 4.37. The number of carboxylic acid groups (broad SMARTS) is 1. The van der Waals surface area contributed by atoms with Crippen LogP contribution in [0, 0.1) is 12.7 Å². The highest BCUT2D eigenvalue weighted by molar-refractivity contribution is 5.88. The van der Waals surface area contributed by atoms with Gasteiger partial charge in [0, 0.05) is 11.3 Å². The number of halogens is 1. The largest absolute Gasteiger partial charge is 0.494 e. The predicted molar refractivity (Wildman–Crippen MR) is 73.2 cm³/mol. The highest BCUT2D eigenvalue weighted by Gasteiger charge is 2.15. The highest BCUT2D eigenvalue weighted by atomic mass is 19.1. The first kappa shape index (κ1) is 14.8. The fourth-order valence-corrected chi connectivity index (χ4v) is 1.79. The number of methoxy groups -OCH3 is 1. The second kappa shape index (κ2) is 6.21. The molecule has 21 heavy (non-hydrogen) atoms. The molecule has 2 rings (SSSR count). The van der Waals surface area contributed by atoms with E-state index in [-0.39, 0.29) is 29.4 Å². The normalized spacial score (nSPS) is 10.2. The molecule has 6 heteroatoms. The Balaban J connectivity index is 2.23. The van der Waals surface area contributed by atoms with E-state index in [9.17, 15) is 9.18 Å². The molecule has 0 saturated carbocycles. The molecule has 0 aliphatic rings. The number of carbonyl (C=O) groups is 1. The van der Waals surface area contributed by atoms with Crippen molar-refractivity contribution in [2.75, 3.05) is 7.11 Å². The lowest BCUT2D eigenvalue weighted by Gasteiger charge is -2.11. The van der Waals surface area contributed by atoms with Gasteiger partial charge in [-0.05, 0) is 25.1 Å². The van der Waals surface area contributed by atoms with Gasteiger partial charge in [-0.3, -0.25) is 0 Å². The summed E-state index contributed by atoms with van der Waals surface area (Å²) in [5.41, 5.74) is 0.636. The summed E-state index contributed by atoms with van der Waals surface area (Å²) < 4.78 is 24.2. The van der Waals surface area contributed by atoms with Crippen LogP contribution in [-0.4, -0.2) is 23.2 Å². The summed E-state index contributed by atoms with van der Waals surface area (Å²) in [7, 11) is 1.37. The van der Waals surface area contributed by atoms with Crippen LogP contribution in [0.1, 0.15) is 21.7 Å². The number of aromatic nitrogens is 1. The van der Waals surface area contributed by atoms with Crippen molar-refractivity contribution in [3.05, 3.63) is 53.1 Å². The molecule has 2 aromatic rings. The van der Waals surface area contributed by atoms with E-state index in [0.717, 1.165) is 0 Å². The maximum Gasteiger partial charge on any atom is 0.358 e. The molecule has 0 aliphatic heterocycles. The van der Waals surface area contributed by atoms with Gasteiger partial charge in [-0.15, -0.1) is 0 Å². The molecule has 0 fully saturated rings. The molecule has 0 saturated heterocycles. The third kappa shape index (κ3) is 3.28. The molecule has 1 N–H and O–H groups in total. The molecule has 0 unspecified atom stereocenters. The van der Waals surface area contributed by atoms with Crippen molar-refractivity contribution in [1.29, 1.82) is 0 Å². The number of rotatable bonds is 5. The lowest BCUT2D eigenvalue weighted by atomic mass is 10.2. The van der Waals surface area contributed by atoms with E-state index in [1.807, 2.05) is 0 Å². The summed E-state index contributed by atoms with van der Waals surface area (Å²) in [5.74, 6) is -1.52. The number of hydrogen-bond acceptors (Lipinski definition) is 4. The molecule has 1 heterocycles. The topological polar surface area (TPSA) is 68.7 Å². The Labute approximate surface area is 121 Å². The first-order valence-corrected chi connectivity index (χ1v) is 6.18. The first-order chi connectivity index (χ1) is 10.0. The van der Waals surface area contributed by atoms with Crippen molar-refractivity contribution in [1.82, 2.24) is 4.98 Å². The van der Waals surface area contributed by atoms with E-state index >= 15 is 0 Å². The van der Waals surface area contributed by atoms with E-state index in [4.69, 9.17) is 14.6 Å². The molecular formula is C15H14FNO4. The summed E-state index contributed by atoms with van der Waals surface area (Å²) in [4.78, 5) is 15.0. The number of ether oxygens (including phenoxy) is 2. The standard InChI is InChI=1S/C15H14FNO4/c1-9-6-7-12(14(17-9)15(18)19)21-8-10-4-3-5-11(20-2)13(10)16/h3-7H,8H2,1-2H3,(H,18,19). The molecular weight excluding hydrogens is 277 g/mol. The van der Waals surface area contributed by atoms with Gasteiger partial charge in [-0.1, -0.05) is 12.1 Å². The number of carboxylic acids is 1. The van der Waals surface area contributed by atoms with Gasteiger partial charge in [0.15, 0.2) is 23.0 Å². The Morgan fingerprint density at radius 3 is 2.71 bits per heavy atom. The quantitative estimate of drug-likeness (QED) is 0.917. The van der Waals surface area contributed by atoms with E-state index in [1.165, 1.54) is 19.2 Å². The molecule has 0 spiro atoms. The smallest absolute Gasteiger partial charge is 0.358 e. The maximum atomic E-state index is 14.0. The summed E-state index contributed by atoms with van der Waals surface area (Å²) in [6.45, 7) is 1.56. The summed E-state index contributed by atoms with van der Waals surface area (Å²) >= 11 is 0. The van der Waals surface area contributed by atoms with Crippen LogP contribution in [0.4, 0.5) is 4.39 Å². The van der Waals surface area contributed by atoms with Crippen molar-refractivity contribution >= 4 is 5.97 Å². The lowest BCUT2D eigenvalue weighted by Crippen LogP contribution is -2.07. The van der Waals surface area contributed by atoms with Gasteiger partial charge in [-0.25, -0.2) is 14.2 Å². The number of pyridine rings is 1. The Morgan fingerprint density at radius 1 is 1.29 bits per heavy atom. The zero-order valence-corrected chi connectivity index (χ0v) is 11.6. The van der Waals surface area contributed by atoms with Crippen molar-refractivity contribution in [2.24, 2.45) is 0 Å². The zero-order chi connectivity index (χ0) is 15.4. The Hall–Kier alpha value is -2.63. The van der Waals surface area contributed by atoms with Gasteiger partial charge >= 0.3 is 5.97 Å². The maximum absolute atomic E-state index is 14.0. The van der Waals surface area contributed by atoms with Crippen LogP contribution in [0.15, 0.2) is 30.3 Å². The minimum atomic E-state index is -1.19. The third-order valence-electron chi connectivity index (χ3n) is 2.85. The molecule has 0 amide bonds. The van der Waals surface area contributed by atoms with Crippen molar-refractivity contribution in [3.8, 4) is 11.5 Å². The number of aryl methyl sites for hydroxylation is 1. The fourth-order valence-electron chi connectivity index (χ4n) is 1.79. The minimum absolute atomic E-state index is 0.0929. The van der Waals surface area contributed by atoms with E-state index in [1.54, 1.807) is 25.1 Å². The van der Waals surface area contributed by atoms with Crippen LogP contribution in [0.5, 0.6) is 11.5 Å². The molecule has 0 aliphatic carbocycles. The van der Waals surface area contributed by atoms with Gasteiger partial charge in [-0.2, -0.15) is 0 Å². The van der Waals surface area contributed by atoms with E-state index in [2.05, 4.69) is 4.98 Å². The predicted octanol–water partition coefficient (Wildman–Crippen LogP) is 2.81. The van der Waals surface area contributed by atoms with Crippen molar-refractivity contribution in [3.63, 3.8) is 0 Å². The fraction of sp³-hybridized carbons (Fsp3) is 0.200. The van der Waals surface area contributed by atoms with Gasteiger partial charge < -0.3 is 14.6 Å². The SMILES string of the molecule is COc1cccc(COc2ccc(C)nc2C(=O)O)c1F. The molecule has 0 atom stereocenters. The number of nitrogens with zero attached hydrogens (tertiary/aromatic N) is 1. The zero-order valence-electron chi connectivity index (χ0n) is 11.6. The van der Waals surface area contributed by atoms with Crippen LogP contribution < -0.4 is 9.47 Å². The second-order valence-corrected chi connectivity index (χ2v) is 4.33. The summed E-state index contributed by atoms with van der Waals surface area (Å²) in [6, 6.07) is 7.80. The first-order valence-electron chi connectivity index (χ1n) is 6.18. The number of aromatic carboxylic acids is 1. The van der Waals surface area contributed by atoms with Gasteiger partial charge in [0.2, 0.25) is 0 Å². The van der Waals surface area contributed by atoms with Crippen LogP contribution >= 0.6 is 0 Å². The lowest BCUT2D eigenvalue weighted by molar-refractivity contribution is 0.0684. The average molecular weight is 291 g/mol. The third-order valence-corrected chi connectivity index (χ3v) is 2.85. The highest BCUT2D eigenvalue weighted by Crippen LogP contribution is 2.23. The number of benzene rings is 1. The molecule has 5 nitrogen and oxygen atoms in total. The second-order valence-electron chi connectivity index (χ2n) is 4.33. The van der Waals surface area contributed by atoms with Gasteiger partial charge in [0.1, 0.15) is 6.61 Å². The summed E-state index contributed by atoms with van der Waals surface area (Å²) in [5, 5.41) is 9.09. The van der Waals surface area contributed by atoms with Crippen LogP contribution in [0.2, 0.25) is 0 Å². The van der Waals surface area contributed by atoms with Crippen LogP contribution in [-0.2, 0) is 6.61 Å². The average Bonchev–Trinajstić information content (AvgIpc) is 2.47. The monoisotopic (exact) mass is 291 g/mol. The van der Waals surface area contributed by atoms with Crippen molar-refractivity contribution < 1.29 is 23.8 Å². The Morgan fingerprint density at radius 2 is 2.05 bits per heavy atom. The van der Waals surface area contributed by atoms with E-state index < -0.39 is 11.8 Å². The summed E-state index contributed by atoms with van der Waals surface area (Å²) in [6.07, 6.45) is 0. The molecule has 110 valence electrons. The van der Waals surface area contributed by atoms with Crippen molar-refractivity contribution in [2.45, 2.75) is 13.5 Å². The van der Waals surface area contributed by atoms with Gasteiger partial charge in [0.25, 0.3) is 0 Å². The molecule has 1 aromatic heterocycles. The molecule has 1 aromatic carbocycles. The molecule has 0 bridgehead atoms. The minimum Gasteiger partial charge on any atom is -0.494 e. The van der Waals surface area contributed by atoms with Crippen LogP contribution in [0.25, 0.3) is 0 Å². The van der Waals surface area contributed by atoms with E-state index in [0.29, 0.717) is 5.69 Å². The molecule has 0 radical (unpaired) electrons. The van der Waals surface area contributed by atoms with Gasteiger partial charge in [0.05, 0.1) is 7.11 Å². The van der Waals surface area contributed by atoms with Crippen LogP contribution in [0.3, 0.4) is 0 Å². The Bertz CT molecular complexity index is 673. The number of hydrogen-bond donors (Lipinski definition) is 1.